The molecule has 0 fully saturated rings. The predicted octanol–water partition coefficient (Wildman–Crippen LogP) is 2.24. The molecule has 0 saturated carbocycles. The molecule has 2 aromatic rings. The monoisotopic (exact) mass is 262 g/mol. The zero-order chi connectivity index (χ0) is 13.8. The number of hydrogen-bond acceptors (Lipinski definition) is 3. The highest BCUT2D eigenvalue weighted by Gasteiger charge is 2.15. The van der Waals surface area contributed by atoms with E-state index in [2.05, 4.69) is 29.2 Å². The minimum Gasteiger partial charge on any atom is -0.306 e. The summed E-state index contributed by atoms with van der Waals surface area (Å²) in [5, 5.41) is 7.62. The average molecular weight is 262 g/mol. The summed E-state index contributed by atoms with van der Waals surface area (Å²) in [6.45, 7) is 4.17. The van der Waals surface area contributed by atoms with Gasteiger partial charge in [0.25, 0.3) is 0 Å². The van der Waals surface area contributed by atoms with Gasteiger partial charge in [-0.1, -0.05) is 13.8 Å². The standard InChI is InChI=1S/C14H19FN4/c1-10(2)18-14(6-11-7-17-19(3)9-11)13-5-4-12(15)8-16-13/h4-5,7-10,14,18H,6H2,1-3H3. The van der Waals surface area contributed by atoms with E-state index in [-0.39, 0.29) is 11.9 Å². The highest BCUT2D eigenvalue weighted by atomic mass is 19.1. The number of pyridine rings is 1. The third kappa shape index (κ3) is 3.86. The predicted molar refractivity (Wildman–Crippen MR) is 72.1 cm³/mol. The second-order valence-electron chi connectivity index (χ2n) is 5.00. The topological polar surface area (TPSA) is 42.7 Å². The van der Waals surface area contributed by atoms with Crippen LogP contribution in [0.3, 0.4) is 0 Å². The first-order valence-electron chi connectivity index (χ1n) is 6.39. The summed E-state index contributed by atoms with van der Waals surface area (Å²) in [5.41, 5.74) is 1.98. The fraction of sp³-hybridized carbons (Fsp3) is 0.429. The molecule has 0 bridgehead atoms. The van der Waals surface area contributed by atoms with Crippen LogP contribution in [0.2, 0.25) is 0 Å². The number of halogens is 1. The Morgan fingerprint density at radius 3 is 2.63 bits per heavy atom. The Balaban J connectivity index is 2.17. The summed E-state index contributed by atoms with van der Waals surface area (Å²) in [6, 6.07) is 3.56. The Morgan fingerprint density at radius 1 is 1.32 bits per heavy atom. The molecule has 0 aliphatic rings. The molecule has 5 heteroatoms. The van der Waals surface area contributed by atoms with Gasteiger partial charge in [-0.15, -0.1) is 0 Å². The van der Waals surface area contributed by atoms with E-state index in [0.29, 0.717) is 6.04 Å². The van der Waals surface area contributed by atoms with Crippen LogP contribution in [-0.4, -0.2) is 20.8 Å². The highest BCUT2D eigenvalue weighted by Crippen LogP contribution is 2.17. The molecule has 4 nitrogen and oxygen atoms in total. The average Bonchev–Trinajstić information content (AvgIpc) is 2.74. The number of nitrogens with zero attached hydrogens (tertiary/aromatic N) is 3. The molecule has 0 radical (unpaired) electrons. The van der Waals surface area contributed by atoms with Gasteiger partial charge < -0.3 is 5.32 Å². The minimum atomic E-state index is -0.312. The maximum absolute atomic E-state index is 12.9. The normalized spacial score (nSPS) is 12.9. The van der Waals surface area contributed by atoms with Crippen LogP contribution in [-0.2, 0) is 13.5 Å². The molecular formula is C14H19FN4. The van der Waals surface area contributed by atoms with Crippen LogP contribution < -0.4 is 5.32 Å². The molecule has 0 saturated heterocycles. The molecule has 0 aliphatic carbocycles. The minimum absolute atomic E-state index is 0.0600. The van der Waals surface area contributed by atoms with Gasteiger partial charge in [0.2, 0.25) is 0 Å². The van der Waals surface area contributed by atoms with Gasteiger partial charge in [-0.25, -0.2) is 4.39 Å². The van der Waals surface area contributed by atoms with E-state index in [1.54, 1.807) is 10.7 Å². The van der Waals surface area contributed by atoms with Gasteiger partial charge in [0.1, 0.15) is 5.82 Å². The summed E-state index contributed by atoms with van der Waals surface area (Å²) in [7, 11) is 1.89. The van der Waals surface area contributed by atoms with Crippen LogP contribution in [0.1, 0.15) is 31.1 Å². The van der Waals surface area contributed by atoms with Crippen molar-refractivity contribution >= 4 is 0 Å². The van der Waals surface area contributed by atoms with Gasteiger partial charge in [0.05, 0.1) is 24.1 Å². The van der Waals surface area contributed by atoms with E-state index in [9.17, 15) is 4.39 Å². The second-order valence-corrected chi connectivity index (χ2v) is 5.00. The quantitative estimate of drug-likeness (QED) is 0.898. The number of nitrogens with one attached hydrogen (secondary N) is 1. The molecule has 2 aromatic heterocycles. The lowest BCUT2D eigenvalue weighted by atomic mass is 10.0. The maximum Gasteiger partial charge on any atom is 0.141 e. The molecule has 0 amide bonds. The van der Waals surface area contributed by atoms with Gasteiger partial charge in [-0.2, -0.15) is 5.10 Å². The van der Waals surface area contributed by atoms with E-state index in [1.165, 1.54) is 12.3 Å². The Hall–Kier alpha value is -1.75. The zero-order valence-electron chi connectivity index (χ0n) is 11.5. The van der Waals surface area contributed by atoms with Crippen molar-refractivity contribution in [3.63, 3.8) is 0 Å². The summed E-state index contributed by atoms with van der Waals surface area (Å²) < 4.78 is 14.7. The molecule has 2 rings (SSSR count). The Kier molecular flexibility index (Phi) is 4.27. The van der Waals surface area contributed by atoms with Gasteiger partial charge in [0, 0.05) is 19.3 Å². The van der Waals surface area contributed by atoms with E-state index in [1.807, 2.05) is 19.4 Å². The largest absolute Gasteiger partial charge is 0.306 e. The number of aromatic nitrogens is 3. The van der Waals surface area contributed by atoms with Crippen molar-refractivity contribution < 1.29 is 4.39 Å². The van der Waals surface area contributed by atoms with Crippen molar-refractivity contribution in [2.24, 2.45) is 7.05 Å². The Labute approximate surface area is 112 Å². The van der Waals surface area contributed by atoms with Gasteiger partial charge >= 0.3 is 0 Å². The van der Waals surface area contributed by atoms with E-state index in [4.69, 9.17) is 0 Å². The fourth-order valence-corrected chi connectivity index (χ4v) is 2.06. The van der Waals surface area contributed by atoms with Crippen molar-refractivity contribution in [3.05, 3.63) is 47.8 Å². The summed E-state index contributed by atoms with van der Waals surface area (Å²) in [4.78, 5) is 4.17. The first kappa shape index (κ1) is 13.7. The summed E-state index contributed by atoms with van der Waals surface area (Å²) in [5.74, 6) is -0.312. The van der Waals surface area contributed by atoms with Crippen molar-refractivity contribution in [2.75, 3.05) is 0 Å². The number of hydrogen-bond donors (Lipinski definition) is 1. The van der Waals surface area contributed by atoms with Crippen LogP contribution in [0.25, 0.3) is 0 Å². The lowest BCUT2D eigenvalue weighted by Crippen LogP contribution is -2.30. The van der Waals surface area contributed by atoms with Crippen LogP contribution in [0.5, 0.6) is 0 Å². The fourth-order valence-electron chi connectivity index (χ4n) is 2.06. The molecule has 1 N–H and O–H groups in total. The Morgan fingerprint density at radius 2 is 2.11 bits per heavy atom. The molecule has 1 unspecified atom stereocenters. The van der Waals surface area contributed by atoms with Gasteiger partial charge in [-0.05, 0) is 24.1 Å². The Bertz CT molecular complexity index is 518. The SMILES string of the molecule is CC(C)NC(Cc1cnn(C)c1)c1ccc(F)cn1. The smallest absolute Gasteiger partial charge is 0.141 e. The molecule has 19 heavy (non-hydrogen) atoms. The number of rotatable bonds is 5. The molecule has 1 atom stereocenters. The lowest BCUT2D eigenvalue weighted by Gasteiger charge is -2.20. The first-order valence-corrected chi connectivity index (χ1v) is 6.39. The van der Waals surface area contributed by atoms with Crippen molar-refractivity contribution in [3.8, 4) is 0 Å². The van der Waals surface area contributed by atoms with Gasteiger partial charge in [0.15, 0.2) is 0 Å². The van der Waals surface area contributed by atoms with Crippen molar-refractivity contribution in [2.45, 2.75) is 32.4 Å². The summed E-state index contributed by atoms with van der Waals surface area (Å²) in [6.07, 6.45) is 5.87. The van der Waals surface area contributed by atoms with Crippen molar-refractivity contribution in [1.82, 2.24) is 20.1 Å². The third-order valence-electron chi connectivity index (χ3n) is 2.84. The van der Waals surface area contributed by atoms with Crippen LogP contribution >= 0.6 is 0 Å². The van der Waals surface area contributed by atoms with E-state index in [0.717, 1.165) is 17.7 Å². The van der Waals surface area contributed by atoms with E-state index >= 15 is 0 Å². The van der Waals surface area contributed by atoms with Gasteiger partial charge in [-0.3, -0.25) is 9.67 Å². The molecule has 0 aromatic carbocycles. The molecule has 0 aliphatic heterocycles. The zero-order valence-corrected chi connectivity index (χ0v) is 11.5. The van der Waals surface area contributed by atoms with Crippen molar-refractivity contribution in [1.29, 1.82) is 0 Å². The van der Waals surface area contributed by atoms with Crippen LogP contribution in [0.4, 0.5) is 4.39 Å². The first-order chi connectivity index (χ1) is 9.04. The molecular weight excluding hydrogens is 243 g/mol. The molecule has 102 valence electrons. The highest BCUT2D eigenvalue weighted by molar-refractivity contribution is 5.15. The van der Waals surface area contributed by atoms with Crippen LogP contribution in [0.15, 0.2) is 30.7 Å². The lowest BCUT2D eigenvalue weighted by molar-refractivity contribution is 0.464. The van der Waals surface area contributed by atoms with E-state index < -0.39 is 0 Å². The van der Waals surface area contributed by atoms with Crippen LogP contribution in [0, 0.1) is 5.82 Å². The maximum atomic E-state index is 12.9. The number of aryl methyl sites for hydroxylation is 1. The summed E-state index contributed by atoms with van der Waals surface area (Å²) >= 11 is 0. The molecule has 0 spiro atoms. The molecule has 2 heterocycles. The third-order valence-corrected chi connectivity index (χ3v) is 2.84. The second kappa shape index (κ2) is 5.93.